The van der Waals surface area contributed by atoms with E-state index in [2.05, 4.69) is 17.4 Å². The molecule has 7 heteroatoms. The maximum atomic E-state index is 12.7. The summed E-state index contributed by atoms with van der Waals surface area (Å²) in [6, 6.07) is 14.9. The van der Waals surface area contributed by atoms with Gasteiger partial charge in [0.25, 0.3) is 0 Å². The lowest BCUT2D eigenvalue weighted by molar-refractivity contribution is -0.198. The molecule has 3 unspecified atom stereocenters. The van der Waals surface area contributed by atoms with Crippen LogP contribution in [0.1, 0.15) is 62.5 Å². The maximum Gasteiger partial charge on any atom is 0.407 e. The second-order valence-corrected chi connectivity index (χ2v) is 8.90. The number of carbonyl (C=O) groups excluding carboxylic acids is 1. The molecule has 3 atom stereocenters. The van der Waals surface area contributed by atoms with Crippen molar-refractivity contribution in [1.29, 1.82) is 0 Å². The molecular formula is C27H33NO6. The normalized spacial score (nSPS) is 19.0. The van der Waals surface area contributed by atoms with Crippen LogP contribution in [0.5, 0.6) is 0 Å². The molecule has 1 saturated heterocycles. The van der Waals surface area contributed by atoms with Crippen molar-refractivity contribution in [2.24, 2.45) is 0 Å². The van der Waals surface area contributed by atoms with Gasteiger partial charge in [-0.15, -0.1) is 0 Å². The van der Waals surface area contributed by atoms with Crippen molar-refractivity contribution in [2.45, 2.75) is 69.8 Å². The van der Waals surface area contributed by atoms with E-state index in [-0.39, 0.29) is 12.5 Å². The van der Waals surface area contributed by atoms with Gasteiger partial charge in [-0.1, -0.05) is 68.3 Å². The molecule has 1 heterocycles. The molecule has 1 aliphatic carbocycles. The number of fused-ring (bicyclic) bond motifs is 3. The van der Waals surface area contributed by atoms with Crippen LogP contribution in [-0.4, -0.2) is 48.8 Å². The number of nitrogens with one attached hydrogen (secondary N) is 1. The summed E-state index contributed by atoms with van der Waals surface area (Å²) in [5.74, 6) is -1.24. The van der Waals surface area contributed by atoms with Gasteiger partial charge in [0, 0.05) is 12.5 Å². The Bertz CT molecular complexity index is 941. The predicted molar refractivity (Wildman–Crippen MR) is 128 cm³/mol. The zero-order valence-corrected chi connectivity index (χ0v) is 19.6. The Balaban J connectivity index is 1.42. The Morgan fingerprint density at radius 3 is 2.35 bits per heavy atom. The summed E-state index contributed by atoms with van der Waals surface area (Å²) in [6.07, 6.45) is 2.96. The Morgan fingerprint density at radius 1 is 1.09 bits per heavy atom. The van der Waals surface area contributed by atoms with Crippen LogP contribution in [-0.2, 0) is 19.0 Å². The third kappa shape index (κ3) is 5.59. The molecule has 0 saturated carbocycles. The van der Waals surface area contributed by atoms with Crippen LogP contribution >= 0.6 is 0 Å². The van der Waals surface area contributed by atoms with Gasteiger partial charge in [-0.3, -0.25) is 0 Å². The van der Waals surface area contributed by atoms with E-state index in [9.17, 15) is 14.7 Å². The third-order valence-electron chi connectivity index (χ3n) is 6.56. The number of ether oxygens (including phenoxy) is 3. The van der Waals surface area contributed by atoms with Crippen molar-refractivity contribution in [3.05, 3.63) is 59.7 Å². The number of alkyl carbamates (subject to hydrolysis) is 1. The minimum Gasteiger partial charge on any atom is -0.480 e. The molecule has 34 heavy (non-hydrogen) atoms. The van der Waals surface area contributed by atoms with Crippen molar-refractivity contribution < 1.29 is 28.9 Å². The van der Waals surface area contributed by atoms with Crippen molar-refractivity contribution in [3.8, 4) is 11.1 Å². The molecule has 2 aromatic rings. The van der Waals surface area contributed by atoms with Crippen molar-refractivity contribution in [3.63, 3.8) is 0 Å². The fraction of sp³-hybridized carbons (Fsp3) is 0.481. The standard InChI is InChI=1S/C27H33NO6/c1-2-3-14-23(34-24-15-8-9-16-32-24)25(26(29)30)28-27(31)33-17-22-20-12-6-4-10-18(20)19-11-5-7-13-21(19)22/h4-7,10-13,22-25H,2-3,8-9,14-17H2,1H3,(H,28,31)(H,29,30). The minimum atomic E-state index is -1.22. The van der Waals surface area contributed by atoms with Gasteiger partial charge in [-0.05, 0) is 47.9 Å². The molecule has 0 radical (unpaired) electrons. The highest BCUT2D eigenvalue weighted by Gasteiger charge is 2.34. The van der Waals surface area contributed by atoms with E-state index < -0.39 is 30.5 Å². The minimum absolute atomic E-state index is 0.0933. The molecule has 2 aliphatic rings. The lowest BCUT2D eigenvalue weighted by Gasteiger charge is -2.31. The highest BCUT2D eigenvalue weighted by molar-refractivity contribution is 5.81. The van der Waals surface area contributed by atoms with Gasteiger partial charge in [0.15, 0.2) is 12.3 Å². The first-order valence-corrected chi connectivity index (χ1v) is 12.2. The number of amides is 1. The van der Waals surface area contributed by atoms with Gasteiger partial charge in [-0.2, -0.15) is 0 Å². The zero-order chi connectivity index (χ0) is 23.9. The lowest BCUT2D eigenvalue weighted by Crippen LogP contribution is -2.51. The summed E-state index contributed by atoms with van der Waals surface area (Å²) in [6.45, 7) is 2.75. The van der Waals surface area contributed by atoms with Crippen LogP contribution in [0.3, 0.4) is 0 Å². The molecule has 0 bridgehead atoms. The van der Waals surface area contributed by atoms with Crippen molar-refractivity contribution >= 4 is 12.1 Å². The molecule has 2 aromatic carbocycles. The molecule has 1 aliphatic heterocycles. The fourth-order valence-corrected chi connectivity index (χ4v) is 4.81. The monoisotopic (exact) mass is 467 g/mol. The molecular weight excluding hydrogens is 434 g/mol. The number of hydrogen-bond donors (Lipinski definition) is 2. The highest BCUT2D eigenvalue weighted by atomic mass is 16.7. The summed E-state index contributed by atoms with van der Waals surface area (Å²) in [5, 5.41) is 12.4. The summed E-state index contributed by atoms with van der Waals surface area (Å²) in [5.41, 5.74) is 4.47. The van der Waals surface area contributed by atoms with Gasteiger partial charge in [0.1, 0.15) is 6.61 Å². The summed E-state index contributed by atoms with van der Waals surface area (Å²) in [7, 11) is 0. The summed E-state index contributed by atoms with van der Waals surface area (Å²) >= 11 is 0. The van der Waals surface area contributed by atoms with E-state index in [0.29, 0.717) is 13.0 Å². The topological polar surface area (TPSA) is 94.1 Å². The quantitative estimate of drug-likeness (QED) is 0.506. The van der Waals surface area contributed by atoms with Crippen LogP contribution in [0, 0.1) is 0 Å². The van der Waals surface area contributed by atoms with Gasteiger partial charge >= 0.3 is 12.1 Å². The van der Waals surface area contributed by atoms with E-state index in [0.717, 1.165) is 54.4 Å². The molecule has 1 fully saturated rings. The van der Waals surface area contributed by atoms with E-state index >= 15 is 0 Å². The van der Waals surface area contributed by atoms with Crippen molar-refractivity contribution in [1.82, 2.24) is 5.32 Å². The number of unbranched alkanes of at least 4 members (excludes halogenated alkanes) is 1. The molecule has 0 aromatic heterocycles. The average Bonchev–Trinajstić information content (AvgIpc) is 3.18. The van der Waals surface area contributed by atoms with Gasteiger partial charge < -0.3 is 24.6 Å². The molecule has 7 nitrogen and oxygen atoms in total. The van der Waals surface area contributed by atoms with Crippen LogP contribution in [0.2, 0.25) is 0 Å². The number of benzene rings is 2. The largest absolute Gasteiger partial charge is 0.480 e. The number of aliphatic carboxylic acids is 1. The number of carboxylic acids is 1. The third-order valence-corrected chi connectivity index (χ3v) is 6.56. The Morgan fingerprint density at radius 2 is 1.76 bits per heavy atom. The number of carboxylic acid groups (broad SMARTS) is 1. The second-order valence-electron chi connectivity index (χ2n) is 8.90. The number of carbonyl (C=O) groups is 2. The molecule has 4 rings (SSSR count). The smallest absolute Gasteiger partial charge is 0.407 e. The fourth-order valence-electron chi connectivity index (χ4n) is 4.81. The lowest BCUT2D eigenvalue weighted by atomic mass is 9.98. The Kier molecular flexibility index (Phi) is 8.19. The van der Waals surface area contributed by atoms with Crippen LogP contribution < -0.4 is 5.32 Å². The molecule has 182 valence electrons. The molecule has 2 N–H and O–H groups in total. The van der Waals surface area contributed by atoms with Crippen LogP contribution in [0.15, 0.2) is 48.5 Å². The summed E-state index contributed by atoms with van der Waals surface area (Å²) < 4.78 is 17.2. The Labute approximate surface area is 200 Å². The van der Waals surface area contributed by atoms with Gasteiger partial charge in [0.2, 0.25) is 0 Å². The zero-order valence-electron chi connectivity index (χ0n) is 19.6. The van der Waals surface area contributed by atoms with Crippen LogP contribution in [0.4, 0.5) is 4.79 Å². The van der Waals surface area contributed by atoms with Crippen molar-refractivity contribution in [2.75, 3.05) is 13.2 Å². The first-order chi connectivity index (χ1) is 16.6. The van der Waals surface area contributed by atoms with Gasteiger partial charge in [0.05, 0.1) is 6.10 Å². The number of rotatable bonds is 10. The van der Waals surface area contributed by atoms with Crippen LogP contribution in [0.25, 0.3) is 11.1 Å². The first-order valence-electron chi connectivity index (χ1n) is 12.2. The molecule has 1 amide bonds. The average molecular weight is 468 g/mol. The van der Waals surface area contributed by atoms with E-state index in [1.807, 2.05) is 43.3 Å². The second kappa shape index (κ2) is 11.5. The maximum absolute atomic E-state index is 12.7. The summed E-state index contributed by atoms with van der Waals surface area (Å²) in [4.78, 5) is 24.8. The van der Waals surface area contributed by atoms with E-state index in [1.165, 1.54) is 0 Å². The van der Waals surface area contributed by atoms with Gasteiger partial charge in [-0.25, -0.2) is 9.59 Å². The Hall–Kier alpha value is -2.90. The molecule has 0 spiro atoms. The first kappa shape index (κ1) is 24.2. The van der Waals surface area contributed by atoms with E-state index in [1.54, 1.807) is 0 Å². The predicted octanol–water partition coefficient (Wildman–Crippen LogP) is 5.08. The number of hydrogen-bond acceptors (Lipinski definition) is 5. The van der Waals surface area contributed by atoms with E-state index in [4.69, 9.17) is 14.2 Å². The SMILES string of the molecule is CCCCC(OC1CCCCO1)C(NC(=O)OCC1c2ccccc2-c2ccccc21)C(=O)O. The highest BCUT2D eigenvalue weighted by Crippen LogP contribution is 2.44.